The number of alkyl halides is 3. The van der Waals surface area contributed by atoms with E-state index in [1.807, 2.05) is 0 Å². The molecule has 0 radical (unpaired) electrons. The summed E-state index contributed by atoms with van der Waals surface area (Å²) >= 11 is 0. The highest BCUT2D eigenvalue weighted by molar-refractivity contribution is 6.09. The Bertz CT molecular complexity index is 672. The largest absolute Gasteiger partial charge is 0.416 e. The zero-order valence-corrected chi connectivity index (χ0v) is 10.5. The van der Waals surface area contributed by atoms with Gasteiger partial charge in [-0.15, -0.1) is 0 Å². The third kappa shape index (κ3) is 3.38. The second kappa shape index (κ2) is 5.65. The van der Waals surface area contributed by atoms with Crippen molar-refractivity contribution in [1.29, 1.82) is 0 Å². The predicted molar refractivity (Wildman–Crippen MR) is 69.8 cm³/mol. The maximum absolute atomic E-state index is 12.6. The summed E-state index contributed by atoms with van der Waals surface area (Å²) in [5.41, 5.74) is 4.83. The first kappa shape index (κ1) is 14.6. The van der Waals surface area contributed by atoms with Gasteiger partial charge in [0.15, 0.2) is 17.3 Å². The summed E-state index contributed by atoms with van der Waals surface area (Å²) in [5.74, 6) is -0.232. The Kier molecular flexibility index (Phi) is 3.92. The molecule has 1 aromatic heterocycles. The molecule has 0 bridgehead atoms. The number of oxime groups is 1. The number of benzene rings is 1. The van der Waals surface area contributed by atoms with E-state index in [2.05, 4.69) is 20.4 Å². The Morgan fingerprint density at radius 1 is 1.24 bits per heavy atom. The summed E-state index contributed by atoms with van der Waals surface area (Å²) < 4.78 is 37.9. The molecular weight excluding hydrogens is 287 g/mol. The highest BCUT2D eigenvalue weighted by Gasteiger charge is 2.30. The molecule has 0 atom stereocenters. The van der Waals surface area contributed by atoms with E-state index < -0.39 is 11.7 Å². The summed E-state index contributed by atoms with van der Waals surface area (Å²) in [7, 11) is 0. The number of aromatic nitrogens is 2. The van der Waals surface area contributed by atoms with Gasteiger partial charge in [-0.05, 0) is 18.2 Å². The summed E-state index contributed by atoms with van der Waals surface area (Å²) in [5, 5.41) is 14.4. The summed E-state index contributed by atoms with van der Waals surface area (Å²) in [6, 6.07) is 4.41. The number of hydrogen-bond acceptors (Lipinski definition) is 5. The van der Waals surface area contributed by atoms with E-state index in [0.29, 0.717) is 0 Å². The Hall–Kier alpha value is -2.84. The van der Waals surface area contributed by atoms with Crippen LogP contribution in [0, 0.1) is 0 Å². The van der Waals surface area contributed by atoms with Crippen LogP contribution in [-0.2, 0) is 6.18 Å². The summed E-state index contributed by atoms with van der Waals surface area (Å²) in [6.07, 6.45) is -1.83. The summed E-state index contributed by atoms with van der Waals surface area (Å²) in [4.78, 5) is 7.60. The molecule has 9 heteroatoms. The molecule has 2 aromatic rings. The van der Waals surface area contributed by atoms with Gasteiger partial charge in [0.2, 0.25) is 0 Å². The maximum atomic E-state index is 12.6. The van der Waals surface area contributed by atoms with E-state index in [9.17, 15) is 13.2 Å². The van der Waals surface area contributed by atoms with Gasteiger partial charge in [-0.2, -0.15) is 13.2 Å². The van der Waals surface area contributed by atoms with Crippen molar-refractivity contribution in [2.45, 2.75) is 6.18 Å². The van der Waals surface area contributed by atoms with Gasteiger partial charge in [0.1, 0.15) is 0 Å². The molecule has 1 aromatic carbocycles. The topological polar surface area (TPSA) is 96.4 Å². The van der Waals surface area contributed by atoms with Crippen LogP contribution < -0.4 is 11.1 Å². The lowest BCUT2D eigenvalue weighted by atomic mass is 10.2. The zero-order valence-electron chi connectivity index (χ0n) is 10.5. The second-order valence-corrected chi connectivity index (χ2v) is 3.94. The number of nitrogens with zero attached hydrogens (tertiary/aromatic N) is 3. The standard InChI is InChI=1S/C12H10F3N5O/c13-12(14,15)7-2-1-3-8(6-7)19-11(20-21)9-10(16)18-5-4-17-9/h1-6,21H,(H2,16,18)(H,19,20). The second-order valence-electron chi connectivity index (χ2n) is 3.94. The smallest absolute Gasteiger partial charge is 0.409 e. The number of rotatable bonds is 2. The van der Waals surface area contributed by atoms with E-state index in [4.69, 9.17) is 10.9 Å². The maximum Gasteiger partial charge on any atom is 0.416 e. The molecule has 1 heterocycles. The average molecular weight is 297 g/mol. The molecule has 0 saturated carbocycles. The molecule has 0 aliphatic heterocycles. The van der Waals surface area contributed by atoms with Crippen LogP contribution >= 0.6 is 0 Å². The van der Waals surface area contributed by atoms with Gasteiger partial charge in [0.05, 0.1) is 5.56 Å². The van der Waals surface area contributed by atoms with E-state index in [1.165, 1.54) is 24.5 Å². The lowest BCUT2D eigenvalue weighted by Crippen LogP contribution is -2.18. The van der Waals surface area contributed by atoms with Crippen LogP contribution in [0.3, 0.4) is 0 Å². The first-order valence-corrected chi connectivity index (χ1v) is 5.65. The Balaban J connectivity index is 2.31. The van der Waals surface area contributed by atoms with Gasteiger partial charge in [0.25, 0.3) is 0 Å². The fourth-order valence-corrected chi connectivity index (χ4v) is 1.57. The average Bonchev–Trinajstić information content (AvgIpc) is 2.45. The summed E-state index contributed by atoms with van der Waals surface area (Å²) in [6.45, 7) is 0. The molecule has 2 rings (SSSR count). The Morgan fingerprint density at radius 2 is 1.95 bits per heavy atom. The van der Waals surface area contributed by atoms with Gasteiger partial charge >= 0.3 is 6.18 Å². The molecular formula is C12H10F3N5O. The van der Waals surface area contributed by atoms with E-state index in [1.54, 1.807) is 0 Å². The molecule has 0 aliphatic carbocycles. The molecule has 0 spiro atoms. The van der Waals surface area contributed by atoms with Crippen LogP contribution in [-0.4, -0.2) is 21.0 Å². The number of halogens is 3. The first-order valence-electron chi connectivity index (χ1n) is 5.65. The molecule has 0 aliphatic rings. The van der Waals surface area contributed by atoms with Crippen LogP contribution in [0.15, 0.2) is 41.8 Å². The van der Waals surface area contributed by atoms with Gasteiger partial charge in [0, 0.05) is 18.1 Å². The molecule has 0 saturated heterocycles. The van der Waals surface area contributed by atoms with Gasteiger partial charge in [-0.1, -0.05) is 11.2 Å². The highest BCUT2D eigenvalue weighted by Crippen LogP contribution is 2.30. The van der Waals surface area contributed by atoms with Crippen molar-refractivity contribution in [2.24, 2.45) is 5.16 Å². The van der Waals surface area contributed by atoms with Crippen molar-refractivity contribution in [3.63, 3.8) is 0 Å². The van der Waals surface area contributed by atoms with Crippen LogP contribution in [0.5, 0.6) is 0 Å². The van der Waals surface area contributed by atoms with E-state index in [0.717, 1.165) is 12.1 Å². The van der Waals surface area contributed by atoms with Crippen LogP contribution in [0.25, 0.3) is 0 Å². The molecule has 4 N–H and O–H groups in total. The van der Waals surface area contributed by atoms with Crippen LogP contribution in [0.2, 0.25) is 0 Å². The van der Waals surface area contributed by atoms with Crippen molar-refractivity contribution in [2.75, 3.05) is 11.1 Å². The monoisotopic (exact) mass is 297 g/mol. The van der Waals surface area contributed by atoms with Gasteiger partial charge < -0.3 is 16.3 Å². The normalized spacial score (nSPS) is 12.2. The SMILES string of the molecule is Nc1nccnc1/C(=N/O)Nc1cccc(C(F)(F)F)c1. The van der Waals surface area contributed by atoms with Crippen LogP contribution in [0.1, 0.15) is 11.3 Å². The number of nitrogens with two attached hydrogens (primary N) is 1. The molecule has 0 fully saturated rings. The van der Waals surface area contributed by atoms with Crippen molar-refractivity contribution in [3.05, 3.63) is 47.9 Å². The van der Waals surface area contributed by atoms with E-state index >= 15 is 0 Å². The molecule has 21 heavy (non-hydrogen) atoms. The predicted octanol–water partition coefficient (Wildman–Crippen LogP) is 2.33. The number of hydrogen-bond donors (Lipinski definition) is 3. The Labute approximate surface area is 117 Å². The molecule has 6 nitrogen and oxygen atoms in total. The van der Waals surface area contributed by atoms with Crippen molar-refractivity contribution in [1.82, 2.24) is 9.97 Å². The number of amidine groups is 1. The molecule has 0 unspecified atom stereocenters. The third-order valence-electron chi connectivity index (χ3n) is 2.50. The van der Waals surface area contributed by atoms with Crippen LogP contribution in [0.4, 0.5) is 24.7 Å². The highest BCUT2D eigenvalue weighted by atomic mass is 19.4. The fraction of sp³-hybridized carbons (Fsp3) is 0.0833. The number of nitrogens with one attached hydrogen (secondary N) is 1. The molecule has 110 valence electrons. The van der Waals surface area contributed by atoms with Gasteiger partial charge in [-0.3, -0.25) is 0 Å². The Morgan fingerprint density at radius 3 is 2.57 bits per heavy atom. The van der Waals surface area contributed by atoms with E-state index in [-0.39, 0.29) is 23.0 Å². The molecule has 0 amide bonds. The zero-order chi connectivity index (χ0) is 15.5. The minimum atomic E-state index is -4.47. The van der Waals surface area contributed by atoms with Gasteiger partial charge in [-0.25, -0.2) is 9.97 Å². The minimum Gasteiger partial charge on any atom is -0.409 e. The lowest BCUT2D eigenvalue weighted by molar-refractivity contribution is -0.137. The third-order valence-corrected chi connectivity index (χ3v) is 2.50. The fourth-order valence-electron chi connectivity index (χ4n) is 1.57. The minimum absolute atomic E-state index is 0.0234. The lowest BCUT2D eigenvalue weighted by Gasteiger charge is -2.11. The van der Waals surface area contributed by atoms with Crippen molar-refractivity contribution in [3.8, 4) is 0 Å². The first-order chi connectivity index (χ1) is 9.91. The van der Waals surface area contributed by atoms with Crippen molar-refractivity contribution >= 4 is 17.3 Å². The number of anilines is 2. The quantitative estimate of drug-likeness (QED) is 0.342. The van der Waals surface area contributed by atoms with Crippen molar-refractivity contribution < 1.29 is 18.4 Å². The number of nitrogen functional groups attached to an aromatic ring is 1.